The normalized spacial score (nSPS) is 16.1. The predicted molar refractivity (Wildman–Crippen MR) is 175 cm³/mol. The second-order valence-corrected chi connectivity index (χ2v) is 11.1. The molecule has 4 nitrogen and oxygen atoms in total. The van der Waals surface area contributed by atoms with Crippen molar-refractivity contribution in [3.63, 3.8) is 0 Å². The first kappa shape index (κ1) is 23.4. The zero-order valence-electron chi connectivity index (χ0n) is 23.0. The molecule has 2 aliphatic heterocycles. The summed E-state index contributed by atoms with van der Waals surface area (Å²) in [5.41, 5.74) is 12.2. The molecule has 4 heteroatoms. The molecule has 0 spiro atoms. The van der Waals surface area contributed by atoms with Crippen LogP contribution in [-0.2, 0) is 6.54 Å². The van der Waals surface area contributed by atoms with Crippen molar-refractivity contribution in [3.8, 4) is 5.69 Å². The lowest BCUT2D eigenvalue weighted by molar-refractivity contribution is 0.741. The molecule has 0 saturated carbocycles. The number of anilines is 2. The summed E-state index contributed by atoms with van der Waals surface area (Å²) >= 11 is 0. The minimum Gasteiger partial charge on any atom is -0.381 e. The number of fused-ring (bicyclic) bond motifs is 8. The lowest BCUT2D eigenvalue weighted by atomic mass is 9.98. The van der Waals surface area contributed by atoms with Gasteiger partial charge in [-0.2, -0.15) is 0 Å². The van der Waals surface area contributed by atoms with Crippen molar-refractivity contribution in [3.05, 3.63) is 151 Å². The van der Waals surface area contributed by atoms with E-state index in [-0.39, 0.29) is 6.04 Å². The van der Waals surface area contributed by atoms with Gasteiger partial charge in [-0.05, 0) is 76.3 Å². The maximum Gasteiger partial charge on any atom is 0.0716 e. The van der Waals surface area contributed by atoms with Crippen LogP contribution < -0.4 is 15.8 Å². The standard InChI is InChI=1S/C38H28N4/c1-2-11-27(12-3-1)42-35-19-20-36-38(32(35)24-40-42)31-22-26-18-17-25-10-4-5-13-28(25)30(26)23-37(31)41(36)34-16-7-6-14-29(34)33-15-8-9-21-39-33/h1-23,33,39-40H,24H2. The van der Waals surface area contributed by atoms with E-state index in [9.17, 15) is 0 Å². The molecule has 6 aromatic carbocycles. The third-order valence-electron chi connectivity index (χ3n) is 8.85. The average molecular weight is 541 g/mol. The first-order valence-corrected chi connectivity index (χ1v) is 14.5. The van der Waals surface area contributed by atoms with Gasteiger partial charge < -0.3 is 9.88 Å². The lowest BCUT2D eigenvalue weighted by Crippen LogP contribution is -2.26. The van der Waals surface area contributed by atoms with Gasteiger partial charge in [0.15, 0.2) is 0 Å². The van der Waals surface area contributed by atoms with E-state index in [0.29, 0.717) is 0 Å². The second-order valence-electron chi connectivity index (χ2n) is 11.1. The average Bonchev–Trinajstić information content (AvgIpc) is 3.63. The van der Waals surface area contributed by atoms with Gasteiger partial charge in [-0.1, -0.05) is 84.9 Å². The summed E-state index contributed by atoms with van der Waals surface area (Å²) in [5.74, 6) is 0. The Kier molecular flexibility index (Phi) is 5.07. The van der Waals surface area contributed by atoms with Gasteiger partial charge in [-0.3, -0.25) is 5.01 Å². The fraction of sp³-hybridized carbons (Fsp3) is 0.0526. The number of benzene rings is 6. The number of hydrogen-bond acceptors (Lipinski definition) is 3. The Morgan fingerprint density at radius 2 is 1.45 bits per heavy atom. The highest BCUT2D eigenvalue weighted by Gasteiger charge is 2.27. The minimum absolute atomic E-state index is 0.102. The van der Waals surface area contributed by atoms with E-state index in [0.717, 1.165) is 12.2 Å². The van der Waals surface area contributed by atoms with E-state index < -0.39 is 0 Å². The summed E-state index contributed by atoms with van der Waals surface area (Å²) in [7, 11) is 0. The van der Waals surface area contributed by atoms with Crippen LogP contribution in [0, 0.1) is 0 Å². The van der Waals surface area contributed by atoms with Gasteiger partial charge in [0.1, 0.15) is 0 Å². The summed E-state index contributed by atoms with van der Waals surface area (Å²) in [6.07, 6.45) is 8.43. The van der Waals surface area contributed by atoms with E-state index in [1.165, 1.54) is 65.9 Å². The fourth-order valence-electron chi connectivity index (χ4n) is 6.96. The van der Waals surface area contributed by atoms with Crippen LogP contribution in [0.5, 0.6) is 0 Å². The van der Waals surface area contributed by atoms with E-state index in [2.05, 4.69) is 148 Å². The Morgan fingerprint density at radius 1 is 0.619 bits per heavy atom. The number of hydrazine groups is 1. The third-order valence-corrected chi connectivity index (χ3v) is 8.85. The van der Waals surface area contributed by atoms with Crippen molar-refractivity contribution in [2.45, 2.75) is 12.6 Å². The molecule has 7 aromatic rings. The maximum atomic E-state index is 3.67. The predicted octanol–water partition coefficient (Wildman–Crippen LogP) is 8.96. The number of rotatable bonds is 3. The summed E-state index contributed by atoms with van der Waals surface area (Å²) in [5, 5.41) is 13.5. The molecule has 2 N–H and O–H groups in total. The number of allylic oxidation sites excluding steroid dienone is 2. The summed E-state index contributed by atoms with van der Waals surface area (Å²) in [6, 6.07) is 42.1. The molecule has 42 heavy (non-hydrogen) atoms. The molecule has 1 aromatic heterocycles. The largest absolute Gasteiger partial charge is 0.381 e. The van der Waals surface area contributed by atoms with Crippen LogP contribution in [0.2, 0.25) is 0 Å². The van der Waals surface area contributed by atoms with Crippen molar-refractivity contribution < 1.29 is 0 Å². The molecule has 0 aliphatic carbocycles. The quantitative estimate of drug-likeness (QED) is 0.219. The molecule has 2 aliphatic rings. The van der Waals surface area contributed by atoms with Crippen molar-refractivity contribution in [1.82, 2.24) is 15.3 Å². The highest BCUT2D eigenvalue weighted by atomic mass is 15.5. The highest BCUT2D eigenvalue weighted by Crippen LogP contribution is 2.44. The van der Waals surface area contributed by atoms with Gasteiger partial charge in [0, 0.05) is 28.4 Å². The highest BCUT2D eigenvalue weighted by molar-refractivity contribution is 6.19. The SMILES string of the molecule is C1=CNC(c2ccccc2-n2c3cc4c(ccc5ccccc54)cc3c3c4c(ccc32)N(c2ccccc2)NC4)C=C1. The first-order chi connectivity index (χ1) is 20.8. The first-order valence-electron chi connectivity index (χ1n) is 14.5. The van der Waals surface area contributed by atoms with E-state index in [1.54, 1.807) is 0 Å². The Morgan fingerprint density at radius 3 is 2.36 bits per heavy atom. The van der Waals surface area contributed by atoms with E-state index in [4.69, 9.17) is 0 Å². The Bertz CT molecular complexity index is 2240. The molecule has 9 rings (SSSR count). The molecule has 1 unspecified atom stereocenters. The second kappa shape index (κ2) is 9.10. The fourth-order valence-corrected chi connectivity index (χ4v) is 6.96. The van der Waals surface area contributed by atoms with Gasteiger partial charge >= 0.3 is 0 Å². The Hall–Kier alpha value is -5.32. The van der Waals surface area contributed by atoms with E-state index in [1.807, 2.05) is 12.3 Å². The van der Waals surface area contributed by atoms with Gasteiger partial charge in [0.25, 0.3) is 0 Å². The molecule has 0 saturated heterocycles. The van der Waals surface area contributed by atoms with Gasteiger partial charge in [-0.15, -0.1) is 0 Å². The number of aromatic nitrogens is 1. The monoisotopic (exact) mass is 540 g/mol. The number of hydrogen-bond donors (Lipinski definition) is 2. The Balaban J connectivity index is 1.39. The smallest absolute Gasteiger partial charge is 0.0716 e. The zero-order chi connectivity index (χ0) is 27.6. The topological polar surface area (TPSA) is 32.2 Å². The van der Waals surface area contributed by atoms with Crippen molar-refractivity contribution in [2.24, 2.45) is 0 Å². The number of para-hydroxylation sites is 2. The van der Waals surface area contributed by atoms with E-state index >= 15 is 0 Å². The van der Waals surface area contributed by atoms with Gasteiger partial charge in [0.2, 0.25) is 0 Å². The van der Waals surface area contributed by atoms with Crippen LogP contribution in [0.1, 0.15) is 17.2 Å². The summed E-state index contributed by atoms with van der Waals surface area (Å²) in [4.78, 5) is 0. The van der Waals surface area contributed by atoms with Crippen LogP contribution in [0.4, 0.5) is 11.4 Å². The molecule has 3 heterocycles. The molecule has 0 radical (unpaired) electrons. The van der Waals surface area contributed by atoms with Crippen LogP contribution in [-0.4, -0.2) is 4.57 Å². The van der Waals surface area contributed by atoms with Crippen LogP contribution in [0.15, 0.2) is 140 Å². The molecule has 1 atom stereocenters. The molecule has 200 valence electrons. The number of dihydropyridines is 1. The van der Waals surface area contributed by atoms with Crippen LogP contribution in [0.25, 0.3) is 49.0 Å². The molecular weight excluding hydrogens is 512 g/mol. The lowest BCUT2D eigenvalue weighted by Gasteiger charge is -2.21. The Labute approximate surface area is 243 Å². The van der Waals surface area contributed by atoms with Gasteiger partial charge in [-0.25, -0.2) is 5.43 Å². The molecule has 0 bridgehead atoms. The zero-order valence-corrected chi connectivity index (χ0v) is 23.0. The van der Waals surface area contributed by atoms with Crippen LogP contribution >= 0.6 is 0 Å². The van der Waals surface area contributed by atoms with Crippen molar-refractivity contribution >= 4 is 54.7 Å². The number of nitrogens with zero attached hydrogens (tertiary/aromatic N) is 2. The molecular formula is C38H28N4. The number of nitrogens with one attached hydrogen (secondary N) is 2. The van der Waals surface area contributed by atoms with Crippen molar-refractivity contribution in [1.29, 1.82) is 0 Å². The molecule has 0 amide bonds. The van der Waals surface area contributed by atoms with Crippen LogP contribution in [0.3, 0.4) is 0 Å². The summed E-state index contributed by atoms with van der Waals surface area (Å²) < 4.78 is 2.49. The third kappa shape index (κ3) is 3.39. The molecule has 0 fully saturated rings. The van der Waals surface area contributed by atoms with Crippen molar-refractivity contribution in [2.75, 3.05) is 5.01 Å². The summed E-state index contributed by atoms with van der Waals surface area (Å²) in [6.45, 7) is 0.774. The maximum absolute atomic E-state index is 3.67. The minimum atomic E-state index is 0.102. The van der Waals surface area contributed by atoms with Gasteiger partial charge in [0.05, 0.1) is 34.1 Å².